The molecule has 0 radical (unpaired) electrons. The van der Waals surface area contributed by atoms with Crippen LogP contribution in [0.25, 0.3) is 0 Å². The zero-order valence-electron chi connectivity index (χ0n) is 26.6. The molecule has 0 spiro atoms. The van der Waals surface area contributed by atoms with Gasteiger partial charge in [0, 0.05) is 25.7 Å². The van der Waals surface area contributed by atoms with E-state index in [-0.39, 0.29) is 11.9 Å². The SMILES string of the molecule is CCCCCCCCCC(=O)OC(CCCCCC(C)C)(CCCCC(C)C)OC(=O)CCCCCCC. The zero-order chi connectivity index (χ0) is 28.5. The molecule has 0 heterocycles. The number of hydrogen-bond acceptors (Lipinski definition) is 4. The van der Waals surface area contributed by atoms with Crippen molar-refractivity contribution in [2.24, 2.45) is 11.8 Å². The van der Waals surface area contributed by atoms with Gasteiger partial charge in [0.2, 0.25) is 0 Å². The maximum atomic E-state index is 13.0. The Morgan fingerprint density at radius 2 is 0.842 bits per heavy atom. The summed E-state index contributed by atoms with van der Waals surface area (Å²) in [5.74, 6) is -0.142. The molecule has 38 heavy (non-hydrogen) atoms. The van der Waals surface area contributed by atoms with Gasteiger partial charge in [-0.2, -0.15) is 0 Å². The summed E-state index contributed by atoms with van der Waals surface area (Å²) < 4.78 is 12.3. The highest BCUT2D eigenvalue weighted by atomic mass is 16.7. The molecule has 0 aliphatic carbocycles. The Morgan fingerprint density at radius 1 is 0.500 bits per heavy atom. The van der Waals surface area contributed by atoms with Crippen molar-refractivity contribution in [2.75, 3.05) is 0 Å². The molecule has 0 aliphatic heterocycles. The van der Waals surface area contributed by atoms with Crippen molar-refractivity contribution in [3.8, 4) is 0 Å². The first-order valence-electron chi connectivity index (χ1n) is 16.7. The number of hydrogen-bond donors (Lipinski definition) is 0. The summed E-state index contributed by atoms with van der Waals surface area (Å²) in [6.45, 7) is 13.4. The number of rotatable bonds is 27. The predicted octanol–water partition coefficient (Wildman–Crippen LogP) is 11.1. The zero-order valence-corrected chi connectivity index (χ0v) is 26.6. The summed E-state index contributed by atoms with van der Waals surface area (Å²) in [6.07, 6.45) is 23.2. The van der Waals surface area contributed by atoms with Gasteiger partial charge in [0.05, 0.1) is 0 Å². The summed E-state index contributed by atoms with van der Waals surface area (Å²) in [7, 11) is 0. The van der Waals surface area contributed by atoms with Crippen LogP contribution < -0.4 is 0 Å². The first-order valence-corrected chi connectivity index (χ1v) is 16.7. The molecule has 0 rings (SSSR count). The predicted molar refractivity (Wildman–Crippen MR) is 162 cm³/mol. The quantitative estimate of drug-likeness (QED) is 0.0593. The van der Waals surface area contributed by atoms with E-state index in [2.05, 4.69) is 41.5 Å². The van der Waals surface area contributed by atoms with Crippen molar-refractivity contribution in [3.63, 3.8) is 0 Å². The summed E-state index contributed by atoms with van der Waals surface area (Å²) >= 11 is 0. The second kappa shape index (κ2) is 24.9. The van der Waals surface area contributed by atoms with Crippen molar-refractivity contribution < 1.29 is 19.1 Å². The average molecular weight is 539 g/mol. The van der Waals surface area contributed by atoms with Crippen LogP contribution in [0.2, 0.25) is 0 Å². The molecule has 0 N–H and O–H groups in total. The third-order valence-corrected chi connectivity index (χ3v) is 7.50. The van der Waals surface area contributed by atoms with E-state index in [0.29, 0.717) is 37.5 Å². The van der Waals surface area contributed by atoms with E-state index >= 15 is 0 Å². The second-order valence-corrected chi connectivity index (χ2v) is 12.5. The molecule has 1 atom stereocenters. The molecule has 0 saturated carbocycles. The van der Waals surface area contributed by atoms with E-state index in [1.807, 2.05) is 0 Å². The van der Waals surface area contributed by atoms with Crippen LogP contribution >= 0.6 is 0 Å². The number of carbonyl (C=O) groups is 2. The van der Waals surface area contributed by atoms with Crippen molar-refractivity contribution in [1.29, 1.82) is 0 Å². The van der Waals surface area contributed by atoms with E-state index in [9.17, 15) is 9.59 Å². The maximum Gasteiger partial charge on any atom is 0.309 e. The van der Waals surface area contributed by atoms with Gasteiger partial charge in [-0.25, -0.2) is 0 Å². The van der Waals surface area contributed by atoms with Crippen molar-refractivity contribution in [2.45, 2.75) is 195 Å². The van der Waals surface area contributed by atoms with Crippen LogP contribution in [0.4, 0.5) is 0 Å². The van der Waals surface area contributed by atoms with Gasteiger partial charge in [0.1, 0.15) is 0 Å². The molecule has 0 amide bonds. The van der Waals surface area contributed by atoms with E-state index in [1.54, 1.807) is 0 Å². The third-order valence-electron chi connectivity index (χ3n) is 7.50. The molecule has 0 bridgehead atoms. The fourth-order valence-electron chi connectivity index (χ4n) is 5.04. The normalized spacial score (nSPS) is 13.2. The highest BCUT2D eigenvalue weighted by Gasteiger charge is 2.37. The summed E-state index contributed by atoms with van der Waals surface area (Å²) in [5.41, 5.74) is 0. The lowest BCUT2D eigenvalue weighted by Crippen LogP contribution is -2.40. The van der Waals surface area contributed by atoms with Gasteiger partial charge >= 0.3 is 11.9 Å². The molecule has 1 unspecified atom stereocenters. The van der Waals surface area contributed by atoms with Crippen LogP contribution in [0.15, 0.2) is 0 Å². The monoisotopic (exact) mass is 538 g/mol. The number of carbonyl (C=O) groups excluding carboxylic acids is 2. The Hall–Kier alpha value is -1.06. The molecule has 0 aromatic rings. The van der Waals surface area contributed by atoms with Gasteiger partial charge in [0.15, 0.2) is 0 Å². The topological polar surface area (TPSA) is 52.6 Å². The molecular formula is C34H66O4. The van der Waals surface area contributed by atoms with E-state index in [1.165, 1.54) is 57.8 Å². The minimum Gasteiger partial charge on any atom is -0.422 e. The van der Waals surface area contributed by atoms with E-state index in [0.717, 1.165) is 64.2 Å². The Balaban J connectivity index is 5.17. The third kappa shape index (κ3) is 22.9. The van der Waals surface area contributed by atoms with Crippen LogP contribution in [-0.2, 0) is 19.1 Å². The lowest BCUT2D eigenvalue weighted by molar-refractivity contribution is -0.235. The molecule has 0 aliphatic rings. The van der Waals surface area contributed by atoms with Gasteiger partial charge in [-0.3, -0.25) is 9.59 Å². The van der Waals surface area contributed by atoms with Gasteiger partial charge in [-0.05, 0) is 37.5 Å². The first kappa shape index (κ1) is 36.9. The number of ether oxygens (including phenoxy) is 2. The molecule has 0 saturated heterocycles. The van der Waals surface area contributed by atoms with Gasteiger partial charge in [0.25, 0.3) is 5.79 Å². The highest BCUT2D eigenvalue weighted by Crippen LogP contribution is 2.31. The van der Waals surface area contributed by atoms with E-state index in [4.69, 9.17) is 9.47 Å². The van der Waals surface area contributed by atoms with Crippen molar-refractivity contribution in [1.82, 2.24) is 0 Å². The van der Waals surface area contributed by atoms with Gasteiger partial charge in [-0.1, -0.05) is 138 Å². The molecule has 226 valence electrons. The maximum absolute atomic E-state index is 13.0. The Bertz CT molecular complexity index is 557. The Kier molecular flexibility index (Phi) is 24.2. The summed E-state index contributed by atoms with van der Waals surface area (Å²) in [6, 6.07) is 0. The highest BCUT2D eigenvalue weighted by molar-refractivity contribution is 5.72. The fourth-order valence-corrected chi connectivity index (χ4v) is 5.04. The number of unbranched alkanes of at least 4 members (excludes halogenated alkanes) is 13. The first-order chi connectivity index (χ1) is 18.2. The Morgan fingerprint density at radius 3 is 1.26 bits per heavy atom. The standard InChI is InChI=1S/C34H66O4/c1-7-9-11-13-14-16-20-27-33(36)38-34(29-23-21-25-31(5)6,28-22-17-18-24-30(3)4)37-32(35)26-19-15-12-10-8-2/h30-31H,7-29H2,1-6H3. The lowest BCUT2D eigenvalue weighted by Gasteiger charge is -2.33. The molecule has 4 heteroatoms. The molecule has 0 aromatic heterocycles. The number of esters is 2. The van der Waals surface area contributed by atoms with Crippen LogP contribution in [0.5, 0.6) is 0 Å². The minimum atomic E-state index is -1.09. The van der Waals surface area contributed by atoms with Crippen LogP contribution in [0.1, 0.15) is 189 Å². The van der Waals surface area contributed by atoms with E-state index < -0.39 is 5.79 Å². The lowest BCUT2D eigenvalue weighted by atomic mass is 9.97. The smallest absolute Gasteiger partial charge is 0.309 e. The largest absolute Gasteiger partial charge is 0.422 e. The summed E-state index contributed by atoms with van der Waals surface area (Å²) in [4.78, 5) is 26.0. The van der Waals surface area contributed by atoms with Gasteiger partial charge in [-0.15, -0.1) is 0 Å². The molecule has 0 fully saturated rings. The van der Waals surface area contributed by atoms with Crippen LogP contribution in [0.3, 0.4) is 0 Å². The Labute approximate surface area is 237 Å². The second-order valence-electron chi connectivity index (χ2n) is 12.5. The molecule has 4 nitrogen and oxygen atoms in total. The van der Waals surface area contributed by atoms with Crippen LogP contribution in [0, 0.1) is 11.8 Å². The summed E-state index contributed by atoms with van der Waals surface area (Å²) in [5, 5.41) is 0. The fraction of sp³-hybridized carbons (Fsp3) is 0.941. The molecule has 0 aromatic carbocycles. The molecular weight excluding hydrogens is 472 g/mol. The van der Waals surface area contributed by atoms with Crippen LogP contribution in [-0.4, -0.2) is 17.7 Å². The minimum absolute atomic E-state index is 0.194. The van der Waals surface area contributed by atoms with Gasteiger partial charge < -0.3 is 9.47 Å². The van der Waals surface area contributed by atoms with Crippen molar-refractivity contribution in [3.05, 3.63) is 0 Å². The average Bonchev–Trinajstić information content (AvgIpc) is 2.85. The van der Waals surface area contributed by atoms with Crippen molar-refractivity contribution >= 4 is 11.9 Å².